The average Bonchev–Trinajstić information content (AvgIpc) is 2.86. The quantitative estimate of drug-likeness (QED) is 0.742. The van der Waals surface area contributed by atoms with Crippen molar-refractivity contribution in [1.82, 2.24) is 5.32 Å². The molecule has 114 valence electrons. The van der Waals surface area contributed by atoms with Crippen LogP contribution >= 0.6 is 22.9 Å². The van der Waals surface area contributed by atoms with Gasteiger partial charge < -0.3 is 5.32 Å². The van der Waals surface area contributed by atoms with Crippen LogP contribution in [0.3, 0.4) is 0 Å². The van der Waals surface area contributed by atoms with Crippen LogP contribution in [0.1, 0.15) is 52.1 Å². The van der Waals surface area contributed by atoms with Crippen LogP contribution in [-0.4, -0.2) is 6.54 Å². The van der Waals surface area contributed by atoms with Gasteiger partial charge in [0.1, 0.15) is 0 Å². The van der Waals surface area contributed by atoms with E-state index in [-0.39, 0.29) is 6.04 Å². The van der Waals surface area contributed by atoms with Crippen LogP contribution in [0.5, 0.6) is 0 Å². The molecule has 1 heterocycles. The minimum Gasteiger partial charge on any atom is -0.306 e. The van der Waals surface area contributed by atoms with E-state index in [0.717, 1.165) is 17.3 Å². The summed E-state index contributed by atoms with van der Waals surface area (Å²) in [6.45, 7) is 12.1. The van der Waals surface area contributed by atoms with Crippen molar-refractivity contribution in [1.29, 1.82) is 0 Å². The second kappa shape index (κ2) is 6.95. The van der Waals surface area contributed by atoms with Gasteiger partial charge in [-0.25, -0.2) is 0 Å². The van der Waals surface area contributed by atoms with Crippen molar-refractivity contribution in [2.75, 3.05) is 6.54 Å². The Hall–Kier alpha value is -0.830. The van der Waals surface area contributed by atoms with Gasteiger partial charge in [-0.2, -0.15) is 0 Å². The van der Waals surface area contributed by atoms with E-state index in [0.29, 0.717) is 0 Å². The van der Waals surface area contributed by atoms with Crippen molar-refractivity contribution < 1.29 is 0 Å². The summed E-state index contributed by atoms with van der Waals surface area (Å²) >= 11 is 7.83. The Morgan fingerprint density at radius 3 is 2.19 bits per heavy atom. The SMILES string of the molecule is CCCNC(c1ccc(Cl)s1)c1c(C)c(C)cc(C)c1C. The van der Waals surface area contributed by atoms with Gasteiger partial charge in [0.25, 0.3) is 0 Å². The highest BCUT2D eigenvalue weighted by molar-refractivity contribution is 7.16. The van der Waals surface area contributed by atoms with Gasteiger partial charge >= 0.3 is 0 Å². The summed E-state index contributed by atoms with van der Waals surface area (Å²) in [5.41, 5.74) is 6.91. The fourth-order valence-corrected chi connectivity index (χ4v) is 3.94. The first-order valence-electron chi connectivity index (χ1n) is 7.51. The van der Waals surface area contributed by atoms with Crippen LogP contribution < -0.4 is 5.32 Å². The number of aryl methyl sites for hydroxylation is 2. The number of hydrogen-bond acceptors (Lipinski definition) is 2. The number of thiophene rings is 1. The summed E-state index contributed by atoms with van der Waals surface area (Å²) in [5.74, 6) is 0. The maximum atomic E-state index is 6.16. The zero-order chi connectivity index (χ0) is 15.6. The predicted octanol–water partition coefficient (Wildman–Crippen LogP) is 5.72. The molecule has 1 aromatic carbocycles. The number of halogens is 1. The molecule has 0 aliphatic carbocycles. The molecule has 0 bridgehead atoms. The third-order valence-electron chi connectivity index (χ3n) is 4.19. The molecule has 0 fully saturated rings. The van der Waals surface area contributed by atoms with E-state index in [1.54, 1.807) is 11.3 Å². The van der Waals surface area contributed by atoms with Crippen LogP contribution in [-0.2, 0) is 0 Å². The third-order valence-corrected chi connectivity index (χ3v) is 5.49. The molecule has 0 radical (unpaired) electrons. The summed E-state index contributed by atoms with van der Waals surface area (Å²) in [5, 5.41) is 3.70. The number of nitrogens with one attached hydrogen (secondary N) is 1. The molecule has 0 saturated heterocycles. The molecule has 2 rings (SSSR count). The van der Waals surface area contributed by atoms with Crippen LogP contribution in [0.4, 0.5) is 0 Å². The Morgan fingerprint density at radius 1 is 1.10 bits per heavy atom. The fourth-order valence-electron chi connectivity index (χ4n) is 2.80. The van der Waals surface area contributed by atoms with E-state index in [1.165, 1.54) is 32.7 Å². The molecule has 2 aromatic rings. The molecule has 1 atom stereocenters. The normalized spacial score (nSPS) is 12.7. The van der Waals surface area contributed by atoms with E-state index < -0.39 is 0 Å². The first kappa shape index (κ1) is 16.5. The van der Waals surface area contributed by atoms with Gasteiger partial charge in [-0.1, -0.05) is 24.6 Å². The summed E-state index contributed by atoms with van der Waals surface area (Å²) in [6, 6.07) is 6.67. The topological polar surface area (TPSA) is 12.0 Å². The molecule has 0 spiro atoms. The number of rotatable bonds is 5. The predicted molar refractivity (Wildman–Crippen MR) is 94.9 cm³/mol. The molecule has 1 aromatic heterocycles. The zero-order valence-corrected chi connectivity index (χ0v) is 15.1. The van der Waals surface area contributed by atoms with Crippen molar-refractivity contribution in [3.63, 3.8) is 0 Å². The second-order valence-corrected chi connectivity index (χ2v) is 7.45. The molecule has 0 amide bonds. The van der Waals surface area contributed by atoms with Gasteiger partial charge in [-0.3, -0.25) is 0 Å². The van der Waals surface area contributed by atoms with Crippen LogP contribution in [0.25, 0.3) is 0 Å². The molecule has 0 saturated carbocycles. The van der Waals surface area contributed by atoms with Gasteiger partial charge in [0, 0.05) is 4.88 Å². The van der Waals surface area contributed by atoms with Gasteiger partial charge in [0.2, 0.25) is 0 Å². The van der Waals surface area contributed by atoms with Gasteiger partial charge in [0.05, 0.1) is 10.4 Å². The Kier molecular flexibility index (Phi) is 5.48. The third kappa shape index (κ3) is 3.50. The molecule has 0 aliphatic rings. The number of benzene rings is 1. The lowest BCUT2D eigenvalue weighted by Crippen LogP contribution is -2.24. The van der Waals surface area contributed by atoms with Crippen molar-refractivity contribution in [2.45, 2.75) is 47.1 Å². The fraction of sp³-hybridized carbons (Fsp3) is 0.444. The summed E-state index contributed by atoms with van der Waals surface area (Å²) in [6.07, 6.45) is 1.12. The Morgan fingerprint density at radius 2 is 1.71 bits per heavy atom. The van der Waals surface area contributed by atoms with E-state index in [9.17, 15) is 0 Å². The Bertz CT molecular complexity index is 604. The molecule has 0 aliphatic heterocycles. The first-order valence-corrected chi connectivity index (χ1v) is 8.71. The van der Waals surface area contributed by atoms with Gasteiger partial charge in [-0.05, 0) is 80.6 Å². The van der Waals surface area contributed by atoms with Crippen molar-refractivity contribution in [3.05, 3.63) is 55.2 Å². The lowest BCUT2D eigenvalue weighted by molar-refractivity contribution is 0.600. The standard InChI is InChI=1S/C18H24ClNS/c1-6-9-20-18(15-7-8-16(19)21-15)17-13(4)11(2)10-12(3)14(17)5/h7-8,10,18,20H,6,9H2,1-5H3. The van der Waals surface area contributed by atoms with E-state index in [4.69, 9.17) is 11.6 Å². The maximum Gasteiger partial charge on any atom is 0.0931 e. The molecule has 21 heavy (non-hydrogen) atoms. The lowest BCUT2D eigenvalue weighted by atomic mass is 9.89. The minimum absolute atomic E-state index is 0.237. The zero-order valence-electron chi connectivity index (χ0n) is 13.5. The molecular formula is C18H24ClNS. The highest BCUT2D eigenvalue weighted by atomic mass is 35.5. The van der Waals surface area contributed by atoms with Crippen LogP contribution in [0.2, 0.25) is 4.34 Å². The largest absolute Gasteiger partial charge is 0.306 e. The molecule has 1 unspecified atom stereocenters. The summed E-state index contributed by atoms with van der Waals surface area (Å²) in [7, 11) is 0. The molecular weight excluding hydrogens is 298 g/mol. The first-order chi connectivity index (χ1) is 9.95. The molecule has 1 nitrogen and oxygen atoms in total. The van der Waals surface area contributed by atoms with Crippen LogP contribution in [0, 0.1) is 27.7 Å². The Balaban J connectivity index is 2.56. The molecule has 3 heteroatoms. The van der Waals surface area contributed by atoms with Crippen molar-refractivity contribution in [2.24, 2.45) is 0 Å². The second-order valence-electron chi connectivity index (χ2n) is 5.70. The van der Waals surface area contributed by atoms with E-state index in [2.05, 4.69) is 52.1 Å². The minimum atomic E-state index is 0.237. The smallest absolute Gasteiger partial charge is 0.0931 e. The van der Waals surface area contributed by atoms with Gasteiger partial charge in [-0.15, -0.1) is 11.3 Å². The van der Waals surface area contributed by atoms with Gasteiger partial charge in [0.15, 0.2) is 0 Å². The maximum absolute atomic E-state index is 6.16. The average molecular weight is 322 g/mol. The van der Waals surface area contributed by atoms with E-state index >= 15 is 0 Å². The van der Waals surface area contributed by atoms with Crippen molar-refractivity contribution in [3.8, 4) is 0 Å². The number of hydrogen-bond donors (Lipinski definition) is 1. The molecule has 1 N–H and O–H groups in total. The van der Waals surface area contributed by atoms with E-state index in [1.807, 2.05) is 6.07 Å². The highest BCUT2D eigenvalue weighted by Crippen LogP contribution is 2.36. The summed E-state index contributed by atoms with van der Waals surface area (Å²) < 4.78 is 0.855. The lowest BCUT2D eigenvalue weighted by Gasteiger charge is -2.24. The van der Waals surface area contributed by atoms with Crippen LogP contribution in [0.15, 0.2) is 18.2 Å². The monoisotopic (exact) mass is 321 g/mol. The highest BCUT2D eigenvalue weighted by Gasteiger charge is 2.21. The summed E-state index contributed by atoms with van der Waals surface area (Å²) in [4.78, 5) is 1.30. The van der Waals surface area contributed by atoms with Crippen molar-refractivity contribution >= 4 is 22.9 Å². The Labute approximate surface area is 137 Å².